The summed E-state index contributed by atoms with van der Waals surface area (Å²) in [7, 11) is 3.24. The van der Waals surface area contributed by atoms with Gasteiger partial charge in [-0.2, -0.15) is 10.1 Å². The number of fused-ring (bicyclic) bond motifs is 1. The molecular formula is C26H28N4O3. The molecule has 0 aliphatic heterocycles. The van der Waals surface area contributed by atoms with Crippen molar-refractivity contribution < 1.29 is 14.3 Å². The van der Waals surface area contributed by atoms with Crippen molar-refractivity contribution in [1.82, 2.24) is 20.1 Å². The molecule has 2 heterocycles. The summed E-state index contributed by atoms with van der Waals surface area (Å²) in [6.45, 7) is 4.49. The van der Waals surface area contributed by atoms with Crippen molar-refractivity contribution in [3.8, 4) is 17.3 Å². The Bertz CT molecular complexity index is 1260. The van der Waals surface area contributed by atoms with Gasteiger partial charge in [-0.05, 0) is 55.7 Å². The maximum atomic E-state index is 12.5. The van der Waals surface area contributed by atoms with Gasteiger partial charge < -0.3 is 14.8 Å². The molecule has 0 aliphatic carbocycles. The molecule has 0 radical (unpaired) electrons. The summed E-state index contributed by atoms with van der Waals surface area (Å²) in [6.07, 6.45) is 0.870. The largest absolute Gasteiger partial charge is 0.497 e. The average Bonchev–Trinajstić information content (AvgIpc) is 3.19. The third-order valence-corrected chi connectivity index (χ3v) is 5.77. The smallest absolute Gasteiger partial charge is 0.220 e. The van der Waals surface area contributed by atoms with Crippen molar-refractivity contribution in [1.29, 1.82) is 0 Å². The van der Waals surface area contributed by atoms with E-state index in [2.05, 4.69) is 5.32 Å². The van der Waals surface area contributed by atoms with Gasteiger partial charge in [0.1, 0.15) is 5.75 Å². The number of aromatic nitrogens is 3. The van der Waals surface area contributed by atoms with Crippen LogP contribution in [0.5, 0.6) is 11.6 Å². The van der Waals surface area contributed by atoms with Crippen LogP contribution in [0.25, 0.3) is 16.7 Å². The first-order chi connectivity index (χ1) is 16.0. The Kier molecular flexibility index (Phi) is 6.58. The molecule has 2 aromatic heterocycles. The van der Waals surface area contributed by atoms with Gasteiger partial charge in [0.15, 0.2) is 5.65 Å². The third kappa shape index (κ3) is 4.67. The normalized spacial score (nSPS) is 10.9. The molecule has 7 nitrogen and oxygen atoms in total. The number of pyridine rings is 1. The Morgan fingerprint density at radius 2 is 1.73 bits per heavy atom. The molecule has 0 aliphatic rings. The van der Waals surface area contributed by atoms with Crippen LogP contribution in [-0.2, 0) is 17.8 Å². The fourth-order valence-corrected chi connectivity index (χ4v) is 4.02. The molecule has 2 aromatic carbocycles. The lowest BCUT2D eigenvalue weighted by molar-refractivity contribution is -0.121. The van der Waals surface area contributed by atoms with E-state index in [1.54, 1.807) is 14.2 Å². The molecule has 7 heteroatoms. The summed E-state index contributed by atoms with van der Waals surface area (Å²) in [5, 5.41) is 8.69. The number of carbonyl (C=O) groups is 1. The lowest BCUT2D eigenvalue weighted by atomic mass is 10.0. The Labute approximate surface area is 193 Å². The topological polar surface area (TPSA) is 78.3 Å². The van der Waals surface area contributed by atoms with Crippen molar-refractivity contribution in [3.05, 3.63) is 77.0 Å². The second kappa shape index (κ2) is 9.73. The molecule has 0 saturated carbocycles. The van der Waals surface area contributed by atoms with E-state index < -0.39 is 0 Å². The van der Waals surface area contributed by atoms with Crippen LogP contribution in [0.15, 0.2) is 54.6 Å². The maximum absolute atomic E-state index is 12.5. The van der Waals surface area contributed by atoms with E-state index in [1.807, 2.05) is 73.1 Å². The fraction of sp³-hybridized carbons (Fsp3) is 0.269. The number of aryl methyl sites for hydroxylation is 2. The minimum Gasteiger partial charge on any atom is -0.497 e. The van der Waals surface area contributed by atoms with Crippen molar-refractivity contribution in [2.45, 2.75) is 33.2 Å². The zero-order chi connectivity index (χ0) is 23.4. The predicted octanol–water partition coefficient (Wildman–Crippen LogP) is 4.30. The van der Waals surface area contributed by atoms with Gasteiger partial charge in [-0.25, -0.2) is 4.68 Å². The molecule has 0 bridgehead atoms. The van der Waals surface area contributed by atoms with E-state index in [-0.39, 0.29) is 5.91 Å². The molecule has 1 N–H and O–H groups in total. The van der Waals surface area contributed by atoms with E-state index in [1.165, 1.54) is 0 Å². The number of hydrogen-bond acceptors (Lipinski definition) is 5. The quantitative estimate of drug-likeness (QED) is 0.438. The number of benzene rings is 2. The Balaban J connectivity index is 1.53. The van der Waals surface area contributed by atoms with Crippen LogP contribution in [0, 0.1) is 13.8 Å². The molecule has 4 aromatic rings. The number of nitrogens with zero attached hydrogens (tertiary/aromatic N) is 3. The van der Waals surface area contributed by atoms with Gasteiger partial charge in [-0.15, -0.1) is 0 Å². The van der Waals surface area contributed by atoms with Crippen LogP contribution in [0.1, 0.15) is 28.8 Å². The second-order valence-electron chi connectivity index (χ2n) is 7.88. The Hall–Kier alpha value is -3.87. The summed E-state index contributed by atoms with van der Waals surface area (Å²) in [4.78, 5) is 17.3. The minimum atomic E-state index is -0.0240. The number of nitrogens with one attached hydrogen (secondary N) is 1. The van der Waals surface area contributed by atoms with E-state index in [9.17, 15) is 4.79 Å². The van der Waals surface area contributed by atoms with Crippen LogP contribution in [-0.4, -0.2) is 34.9 Å². The standard InChI is InChI=1S/C26H28N4O3/c1-17-22(14-15-23(31)27-16-19-10-12-21(32-3)13-11-19)26(33-4)28-25-24(17)18(2)29-30(25)20-8-6-5-7-9-20/h5-13H,14-16H2,1-4H3,(H,27,31). The van der Waals surface area contributed by atoms with Crippen molar-refractivity contribution >= 4 is 16.9 Å². The molecule has 1 amide bonds. The van der Waals surface area contributed by atoms with Crippen molar-refractivity contribution in [2.75, 3.05) is 14.2 Å². The highest BCUT2D eigenvalue weighted by Crippen LogP contribution is 2.31. The number of amides is 1. The van der Waals surface area contributed by atoms with E-state index in [0.717, 1.165) is 44.9 Å². The van der Waals surface area contributed by atoms with Crippen LogP contribution in [0.3, 0.4) is 0 Å². The van der Waals surface area contributed by atoms with Gasteiger partial charge >= 0.3 is 0 Å². The maximum Gasteiger partial charge on any atom is 0.220 e. The molecule has 0 saturated heterocycles. The van der Waals surface area contributed by atoms with Gasteiger partial charge in [0.05, 0.1) is 25.6 Å². The fourth-order valence-electron chi connectivity index (χ4n) is 4.02. The van der Waals surface area contributed by atoms with Crippen molar-refractivity contribution in [3.63, 3.8) is 0 Å². The summed E-state index contributed by atoms with van der Waals surface area (Å²) >= 11 is 0. The minimum absolute atomic E-state index is 0.0240. The molecule has 0 unspecified atom stereocenters. The highest BCUT2D eigenvalue weighted by molar-refractivity contribution is 5.86. The molecule has 0 atom stereocenters. The second-order valence-corrected chi connectivity index (χ2v) is 7.88. The SMILES string of the molecule is COc1ccc(CNC(=O)CCc2c(OC)nc3c(c(C)nn3-c3ccccc3)c2C)cc1. The number of hydrogen-bond donors (Lipinski definition) is 1. The molecule has 170 valence electrons. The number of para-hydroxylation sites is 1. The van der Waals surface area contributed by atoms with Gasteiger partial charge in [-0.1, -0.05) is 30.3 Å². The first-order valence-corrected chi connectivity index (χ1v) is 10.9. The van der Waals surface area contributed by atoms with Crippen LogP contribution in [0.4, 0.5) is 0 Å². The van der Waals surface area contributed by atoms with Crippen LogP contribution < -0.4 is 14.8 Å². The van der Waals surface area contributed by atoms with Crippen LogP contribution in [0.2, 0.25) is 0 Å². The molecular weight excluding hydrogens is 416 g/mol. The number of ether oxygens (including phenoxy) is 2. The monoisotopic (exact) mass is 444 g/mol. The average molecular weight is 445 g/mol. The number of methoxy groups -OCH3 is 2. The summed E-state index contributed by atoms with van der Waals surface area (Å²) in [5.41, 5.74) is 5.58. The summed E-state index contributed by atoms with van der Waals surface area (Å²) in [6, 6.07) is 17.6. The molecule has 0 spiro atoms. The molecule has 33 heavy (non-hydrogen) atoms. The molecule has 4 rings (SSSR count). The zero-order valence-corrected chi connectivity index (χ0v) is 19.4. The summed E-state index contributed by atoms with van der Waals surface area (Å²) < 4.78 is 12.6. The summed E-state index contributed by atoms with van der Waals surface area (Å²) in [5.74, 6) is 1.30. The predicted molar refractivity (Wildman–Crippen MR) is 128 cm³/mol. The number of carbonyl (C=O) groups excluding carboxylic acids is 1. The van der Waals surface area contributed by atoms with E-state index >= 15 is 0 Å². The van der Waals surface area contributed by atoms with Gasteiger partial charge in [0.2, 0.25) is 11.8 Å². The van der Waals surface area contributed by atoms with Gasteiger partial charge in [-0.3, -0.25) is 4.79 Å². The third-order valence-electron chi connectivity index (χ3n) is 5.77. The van der Waals surface area contributed by atoms with Crippen LogP contribution >= 0.6 is 0 Å². The Morgan fingerprint density at radius 3 is 2.39 bits per heavy atom. The van der Waals surface area contributed by atoms with Gasteiger partial charge in [0, 0.05) is 23.9 Å². The Morgan fingerprint density at radius 1 is 1.00 bits per heavy atom. The zero-order valence-electron chi connectivity index (χ0n) is 19.4. The van der Waals surface area contributed by atoms with E-state index in [0.29, 0.717) is 25.3 Å². The van der Waals surface area contributed by atoms with Crippen molar-refractivity contribution in [2.24, 2.45) is 0 Å². The number of rotatable bonds is 8. The first-order valence-electron chi connectivity index (χ1n) is 10.9. The highest BCUT2D eigenvalue weighted by atomic mass is 16.5. The first kappa shape index (κ1) is 22.3. The lowest BCUT2D eigenvalue weighted by Gasteiger charge is -2.13. The van der Waals surface area contributed by atoms with E-state index in [4.69, 9.17) is 19.6 Å². The van der Waals surface area contributed by atoms with Gasteiger partial charge in [0.25, 0.3) is 0 Å². The highest BCUT2D eigenvalue weighted by Gasteiger charge is 2.20. The lowest BCUT2D eigenvalue weighted by Crippen LogP contribution is -2.23. The molecule has 0 fully saturated rings.